The fourth-order valence-corrected chi connectivity index (χ4v) is 2.26. The van der Waals surface area contributed by atoms with Crippen LogP contribution in [0.5, 0.6) is 0 Å². The van der Waals surface area contributed by atoms with Crippen LogP contribution in [0.15, 0.2) is 24.3 Å². The van der Waals surface area contributed by atoms with Gasteiger partial charge in [-0.3, -0.25) is 4.79 Å². The third-order valence-corrected chi connectivity index (χ3v) is 3.86. The minimum atomic E-state index is -7.40. The van der Waals surface area contributed by atoms with Crippen LogP contribution in [0.3, 0.4) is 0 Å². The smallest absolute Gasteiger partial charge is 0.323 e. The standard InChI is InChI=1S/C13H5F12NO/c14-5-1-3-6(4-2-5)26-7(27)8(15)9(16,17)11(20,21)13(24,25)12(22,23)10(8,18)19/h1-4H,(H,26,27). The van der Waals surface area contributed by atoms with Gasteiger partial charge in [-0.15, -0.1) is 0 Å². The van der Waals surface area contributed by atoms with E-state index >= 15 is 0 Å². The van der Waals surface area contributed by atoms with Gasteiger partial charge < -0.3 is 5.32 Å². The van der Waals surface area contributed by atoms with Gasteiger partial charge in [0, 0.05) is 5.69 Å². The summed E-state index contributed by atoms with van der Waals surface area (Å²) >= 11 is 0. The van der Waals surface area contributed by atoms with Crippen molar-refractivity contribution in [3.63, 3.8) is 0 Å². The molecule has 0 bridgehead atoms. The van der Waals surface area contributed by atoms with Crippen molar-refractivity contribution in [1.29, 1.82) is 0 Å². The lowest BCUT2D eigenvalue weighted by atomic mass is 9.71. The lowest BCUT2D eigenvalue weighted by molar-refractivity contribution is -0.475. The molecule has 0 radical (unpaired) electrons. The summed E-state index contributed by atoms with van der Waals surface area (Å²) in [6.45, 7) is 0. The number of benzene rings is 1. The molecule has 0 spiro atoms. The second-order valence-corrected chi connectivity index (χ2v) is 5.49. The minimum Gasteiger partial charge on any atom is -0.323 e. The van der Waals surface area contributed by atoms with Gasteiger partial charge in [0.1, 0.15) is 5.82 Å². The van der Waals surface area contributed by atoms with Gasteiger partial charge >= 0.3 is 35.3 Å². The summed E-state index contributed by atoms with van der Waals surface area (Å²) in [5, 5.41) is 0.841. The first-order valence-corrected chi connectivity index (χ1v) is 6.54. The summed E-state index contributed by atoms with van der Waals surface area (Å²) in [7, 11) is 0. The third kappa shape index (κ3) is 2.21. The van der Waals surface area contributed by atoms with Gasteiger partial charge in [0.25, 0.3) is 5.91 Å². The van der Waals surface area contributed by atoms with E-state index in [0.29, 0.717) is 24.3 Å². The molecular formula is C13H5F12NO. The molecule has 1 aromatic rings. The van der Waals surface area contributed by atoms with Gasteiger partial charge in [0.15, 0.2) is 0 Å². The molecule has 0 aliphatic heterocycles. The molecule has 2 rings (SSSR count). The zero-order chi connectivity index (χ0) is 21.3. The Hall–Kier alpha value is -2.15. The molecule has 1 saturated carbocycles. The molecule has 2 nitrogen and oxygen atoms in total. The molecule has 14 heteroatoms. The van der Waals surface area contributed by atoms with E-state index in [4.69, 9.17) is 0 Å². The van der Waals surface area contributed by atoms with E-state index in [1.54, 1.807) is 0 Å². The fraction of sp³-hybridized carbons (Fsp3) is 0.462. The lowest BCUT2D eigenvalue weighted by Gasteiger charge is -2.51. The summed E-state index contributed by atoms with van der Waals surface area (Å²) in [5.41, 5.74) is -7.74. The number of anilines is 1. The molecule has 152 valence electrons. The van der Waals surface area contributed by atoms with Crippen molar-refractivity contribution in [3.8, 4) is 0 Å². The maximum Gasteiger partial charge on any atom is 0.384 e. The Labute approximate surface area is 141 Å². The van der Waals surface area contributed by atoms with Crippen LogP contribution in [0, 0.1) is 5.82 Å². The zero-order valence-corrected chi connectivity index (χ0v) is 12.3. The SMILES string of the molecule is O=C(Nc1ccc(F)cc1)C1(F)C(F)(F)C(F)(F)C(F)(F)C(F)(F)C1(F)F. The zero-order valence-electron chi connectivity index (χ0n) is 12.3. The Morgan fingerprint density at radius 3 is 1.33 bits per heavy atom. The quantitative estimate of drug-likeness (QED) is 0.695. The molecule has 1 aromatic carbocycles. The molecule has 0 aromatic heterocycles. The molecule has 0 atom stereocenters. The van der Waals surface area contributed by atoms with Crippen LogP contribution in [-0.2, 0) is 4.79 Å². The van der Waals surface area contributed by atoms with E-state index in [0.717, 1.165) is 5.32 Å². The van der Waals surface area contributed by atoms with Crippen LogP contribution in [0.25, 0.3) is 0 Å². The van der Waals surface area contributed by atoms with Crippen molar-refractivity contribution < 1.29 is 57.5 Å². The fourth-order valence-electron chi connectivity index (χ4n) is 2.26. The first kappa shape index (κ1) is 21.2. The number of alkyl halides is 11. The Bertz CT molecular complexity index is 727. The Morgan fingerprint density at radius 1 is 0.630 bits per heavy atom. The second kappa shape index (κ2) is 5.44. The highest BCUT2D eigenvalue weighted by molar-refractivity contribution is 5.99. The Balaban J connectivity index is 2.66. The minimum absolute atomic E-state index is 0.445. The van der Waals surface area contributed by atoms with E-state index in [1.807, 2.05) is 0 Å². The summed E-state index contributed by atoms with van der Waals surface area (Å²) < 4.78 is 161. The number of carbonyl (C=O) groups is 1. The number of rotatable bonds is 2. The molecule has 27 heavy (non-hydrogen) atoms. The molecule has 1 fully saturated rings. The van der Waals surface area contributed by atoms with E-state index in [-0.39, 0.29) is 0 Å². The van der Waals surface area contributed by atoms with E-state index < -0.39 is 52.7 Å². The molecule has 1 aliphatic rings. The summed E-state index contributed by atoms with van der Waals surface area (Å²) in [6.07, 6.45) is 0. The van der Waals surface area contributed by atoms with Crippen molar-refractivity contribution in [2.75, 3.05) is 5.32 Å². The molecule has 1 aliphatic carbocycles. The average molecular weight is 419 g/mol. The monoisotopic (exact) mass is 419 g/mol. The first-order valence-electron chi connectivity index (χ1n) is 6.54. The predicted octanol–water partition coefficient (Wildman–Crippen LogP) is 4.66. The number of amides is 1. The highest BCUT2D eigenvalue weighted by atomic mass is 19.4. The predicted molar refractivity (Wildman–Crippen MR) is 63.6 cm³/mol. The van der Waals surface area contributed by atoms with E-state index in [2.05, 4.69) is 0 Å². The van der Waals surface area contributed by atoms with Gasteiger partial charge in [0.05, 0.1) is 0 Å². The molecule has 1 N–H and O–H groups in total. The van der Waals surface area contributed by atoms with Gasteiger partial charge in [-0.2, -0.15) is 43.9 Å². The van der Waals surface area contributed by atoms with Crippen LogP contribution < -0.4 is 5.32 Å². The number of halogens is 12. The molecule has 0 saturated heterocycles. The number of hydrogen-bond donors (Lipinski definition) is 1. The normalized spacial score (nSPS) is 26.2. The summed E-state index contributed by atoms with van der Waals surface area (Å²) in [5.74, 6) is -41.2. The summed E-state index contributed by atoms with van der Waals surface area (Å²) in [4.78, 5) is 11.5. The molecule has 0 heterocycles. The largest absolute Gasteiger partial charge is 0.384 e. The highest BCUT2D eigenvalue weighted by Crippen LogP contribution is 2.69. The lowest BCUT2D eigenvalue weighted by Crippen LogP contribution is -2.86. The van der Waals surface area contributed by atoms with Gasteiger partial charge in [-0.1, -0.05) is 0 Å². The van der Waals surface area contributed by atoms with Crippen molar-refractivity contribution in [2.45, 2.75) is 35.3 Å². The van der Waals surface area contributed by atoms with Gasteiger partial charge in [-0.25, -0.2) is 8.78 Å². The molecular weight excluding hydrogens is 414 g/mol. The van der Waals surface area contributed by atoms with Crippen LogP contribution in [0.4, 0.5) is 58.4 Å². The topological polar surface area (TPSA) is 29.1 Å². The van der Waals surface area contributed by atoms with E-state index in [9.17, 15) is 57.5 Å². The van der Waals surface area contributed by atoms with Crippen molar-refractivity contribution in [2.24, 2.45) is 0 Å². The van der Waals surface area contributed by atoms with Crippen LogP contribution >= 0.6 is 0 Å². The van der Waals surface area contributed by atoms with Gasteiger partial charge in [-0.05, 0) is 24.3 Å². The van der Waals surface area contributed by atoms with Crippen LogP contribution in [0.1, 0.15) is 0 Å². The van der Waals surface area contributed by atoms with Gasteiger partial charge in [0.2, 0.25) is 0 Å². The Kier molecular flexibility index (Phi) is 4.26. The summed E-state index contributed by atoms with van der Waals surface area (Å²) in [6, 6.07) is 1.82. The van der Waals surface area contributed by atoms with Crippen molar-refractivity contribution in [1.82, 2.24) is 0 Å². The number of hydrogen-bond acceptors (Lipinski definition) is 1. The maximum absolute atomic E-state index is 14.3. The highest BCUT2D eigenvalue weighted by Gasteiger charge is 3.02. The number of carbonyl (C=O) groups excluding carboxylic acids is 1. The Morgan fingerprint density at radius 2 is 0.963 bits per heavy atom. The van der Waals surface area contributed by atoms with Crippen LogP contribution in [0.2, 0.25) is 0 Å². The second-order valence-electron chi connectivity index (χ2n) is 5.49. The molecule has 1 amide bonds. The first-order chi connectivity index (χ1) is 11.9. The van der Waals surface area contributed by atoms with E-state index in [1.165, 1.54) is 0 Å². The maximum atomic E-state index is 14.3. The van der Waals surface area contributed by atoms with Crippen molar-refractivity contribution >= 4 is 11.6 Å². The number of nitrogens with one attached hydrogen (secondary N) is 1. The average Bonchev–Trinajstić information content (AvgIpc) is 2.54. The third-order valence-electron chi connectivity index (χ3n) is 3.86. The molecule has 0 unspecified atom stereocenters. The van der Waals surface area contributed by atoms with Crippen LogP contribution in [-0.4, -0.2) is 41.2 Å². The van der Waals surface area contributed by atoms with Crippen molar-refractivity contribution in [3.05, 3.63) is 30.1 Å².